The average molecular weight is 449 g/mol. The molecule has 0 fully saturated rings. The van der Waals surface area contributed by atoms with Gasteiger partial charge in [-0.15, -0.1) is 11.3 Å². The Bertz CT molecular complexity index is 1180. The molecular formula is C22H18F3NO4S. The third kappa shape index (κ3) is 4.10. The number of nitrogens with zero attached hydrogens (tertiary/aromatic N) is 1. The van der Waals surface area contributed by atoms with E-state index in [0.29, 0.717) is 28.7 Å². The number of ether oxygens (including phenoxy) is 2. The van der Waals surface area contributed by atoms with E-state index in [0.717, 1.165) is 23.0 Å². The molecule has 4 rings (SSSR count). The highest BCUT2D eigenvalue weighted by Gasteiger charge is 2.27. The molecule has 1 atom stereocenters. The van der Waals surface area contributed by atoms with Gasteiger partial charge in [-0.3, -0.25) is 4.79 Å². The molecule has 0 aliphatic carbocycles. The zero-order valence-electron chi connectivity index (χ0n) is 16.7. The van der Waals surface area contributed by atoms with Crippen LogP contribution < -0.4 is 9.47 Å². The van der Waals surface area contributed by atoms with E-state index in [1.807, 2.05) is 0 Å². The van der Waals surface area contributed by atoms with E-state index in [-0.39, 0.29) is 35.1 Å². The van der Waals surface area contributed by atoms with Crippen molar-refractivity contribution in [3.8, 4) is 22.1 Å². The predicted molar refractivity (Wildman–Crippen MR) is 108 cm³/mol. The summed E-state index contributed by atoms with van der Waals surface area (Å²) in [6.07, 6.45) is -0.00397. The maximum atomic E-state index is 14.3. The van der Waals surface area contributed by atoms with Crippen LogP contribution in [0, 0.1) is 31.3 Å². The fourth-order valence-corrected chi connectivity index (χ4v) is 4.60. The fourth-order valence-electron chi connectivity index (χ4n) is 3.52. The Balaban J connectivity index is 1.52. The van der Waals surface area contributed by atoms with Crippen LogP contribution in [0.3, 0.4) is 0 Å². The number of halogens is 3. The van der Waals surface area contributed by atoms with Crippen molar-refractivity contribution in [2.75, 3.05) is 6.61 Å². The van der Waals surface area contributed by atoms with E-state index in [1.165, 1.54) is 6.92 Å². The Morgan fingerprint density at radius 2 is 2.03 bits per heavy atom. The number of aliphatic carboxylic acids is 1. The summed E-state index contributed by atoms with van der Waals surface area (Å²) in [6, 6.07) is 6.17. The van der Waals surface area contributed by atoms with E-state index in [4.69, 9.17) is 14.6 Å². The molecule has 1 aliphatic heterocycles. The molecule has 0 amide bonds. The Kier molecular flexibility index (Phi) is 5.62. The molecule has 0 radical (unpaired) electrons. The van der Waals surface area contributed by atoms with Crippen LogP contribution in [0.5, 0.6) is 11.5 Å². The van der Waals surface area contributed by atoms with Crippen molar-refractivity contribution in [1.82, 2.24) is 4.98 Å². The van der Waals surface area contributed by atoms with Gasteiger partial charge in [-0.2, -0.15) is 0 Å². The van der Waals surface area contributed by atoms with Gasteiger partial charge in [-0.1, -0.05) is 6.07 Å². The minimum absolute atomic E-state index is 0.00397. The molecule has 1 N–H and O–H groups in total. The van der Waals surface area contributed by atoms with E-state index < -0.39 is 23.4 Å². The summed E-state index contributed by atoms with van der Waals surface area (Å²) in [5.41, 5.74) is 1.62. The molecule has 2 heterocycles. The lowest BCUT2D eigenvalue weighted by molar-refractivity contribution is -0.137. The highest BCUT2D eigenvalue weighted by molar-refractivity contribution is 7.15. The fraction of sp³-hybridized carbons (Fsp3) is 0.273. The minimum Gasteiger partial charge on any atom is -0.492 e. The van der Waals surface area contributed by atoms with Gasteiger partial charge in [0.1, 0.15) is 23.1 Å². The number of hydrogen-bond donors (Lipinski definition) is 1. The summed E-state index contributed by atoms with van der Waals surface area (Å²) in [4.78, 5) is 16.0. The molecule has 5 nitrogen and oxygen atoms in total. The smallest absolute Gasteiger partial charge is 0.304 e. The van der Waals surface area contributed by atoms with Gasteiger partial charge in [-0.05, 0) is 31.5 Å². The Labute approximate surface area is 180 Å². The van der Waals surface area contributed by atoms with Crippen LogP contribution in [0.25, 0.3) is 10.6 Å². The zero-order valence-corrected chi connectivity index (χ0v) is 17.5. The second-order valence-electron chi connectivity index (χ2n) is 7.30. The quantitative estimate of drug-likeness (QED) is 0.512. The van der Waals surface area contributed by atoms with Crippen molar-refractivity contribution >= 4 is 17.3 Å². The van der Waals surface area contributed by atoms with Crippen LogP contribution in [-0.4, -0.2) is 22.7 Å². The lowest BCUT2D eigenvalue weighted by Crippen LogP contribution is -2.07. The average Bonchev–Trinajstić information content (AvgIpc) is 3.27. The number of carbonyl (C=O) groups is 1. The predicted octanol–water partition coefficient (Wildman–Crippen LogP) is 5.37. The molecule has 0 saturated heterocycles. The first-order valence-electron chi connectivity index (χ1n) is 9.46. The Hall–Kier alpha value is -3.07. The lowest BCUT2D eigenvalue weighted by Gasteiger charge is -2.08. The third-order valence-corrected chi connectivity index (χ3v) is 6.27. The molecule has 9 heteroatoms. The van der Waals surface area contributed by atoms with Crippen molar-refractivity contribution in [2.24, 2.45) is 0 Å². The Morgan fingerprint density at radius 1 is 1.26 bits per heavy atom. The van der Waals surface area contributed by atoms with Crippen molar-refractivity contribution < 1.29 is 32.5 Å². The number of thiazole rings is 1. The van der Waals surface area contributed by atoms with E-state index in [9.17, 15) is 18.0 Å². The number of hydrogen-bond acceptors (Lipinski definition) is 5. The molecule has 1 aromatic heterocycles. The topological polar surface area (TPSA) is 68.7 Å². The highest BCUT2D eigenvalue weighted by Crippen LogP contribution is 2.39. The summed E-state index contributed by atoms with van der Waals surface area (Å²) in [6.45, 7) is 3.68. The summed E-state index contributed by atoms with van der Waals surface area (Å²) in [7, 11) is 0. The van der Waals surface area contributed by atoms with Gasteiger partial charge in [0.05, 0.1) is 29.2 Å². The number of benzene rings is 2. The molecule has 1 unspecified atom stereocenters. The Morgan fingerprint density at radius 3 is 2.77 bits per heavy atom. The van der Waals surface area contributed by atoms with E-state index in [1.54, 1.807) is 25.1 Å². The normalized spacial score (nSPS) is 14.9. The number of fused-ring (bicyclic) bond motifs is 1. The van der Waals surface area contributed by atoms with Crippen molar-refractivity contribution in [2.45, 2.75) is 32.8 Å². The minimum atomic E-state index is -1.52. The summed E-state index contributed by atoms with van der Waals surface area (Å²) >= 11 is 1.15. The van der Waals surface area contributed by atoms with Gasteiger partial charge in [0, 0.05) is 17.5 Å². The molecule has 1 aliphatic rings. The lowest BCUT2D eigenvalue weighted by atomic mass is 9.98. The molecular weight excluding hydrogens is 431 g/mol. The number of carboxylic acid groups (broad SMARTS) is 1. The van der Waals surface area contributed by atoms with Crippen molar-refractivity contribution in [3.63, 3.8) is 0 Å². The molecule has 162 valence electrons. The monoisotopic (exact) mass is 449 g/mol. The largest absolute Gasteiger partial charge is 0.492 e. The standard InChI is InChI=1S/C22H18F3NO4S/c1-10-5-15(23)20(24)21(25)19(10)22-26-11(2)17(31-22)9-29-13-3-4-14-12(6-18(27)28)8-30-16(14)7-13/h3-5,7,12H,6,8-9H2,1-2H3,(H,27,28). The van der Waals surface area contributed by atoms with Crippen LogP contribution in [-0.2, 0) is 11.4 Å². The van der Waals surface area contributed by atoms with E-state index >= 15 is 0 Å². The third-order valence-electron chi connectivity index (χ3n) is 5.12. The molecule has 0 saturated carbocycles. The first kappa shape index (κ1) is 21.2. The zero-order chi connectivity index (χ0) is 22.3. The number of rotatable bonds is 6. The van der Waals surface area contributed by atoms with Crippen LogP contribution >= 0.6 is 11.3 Å². The van der Waals surface area contributed by atoms with Gasteiger partial charge in [0.2, 0.25) is 0 Å². The van der Waals surface area contributed by atoms with Gasteiger partial charge in [0.15, 0.2) is 17.5 Å². The van der Waals surface area contributed by atoms with Gasteiger partial charge in [0.25, 0.3) is 0 Å². The van der Waals surface area contributed by atoms with Gasteiger partial charge >= 0.3 is 5.97 Å². The molecule has 3 aromatic rings. The molecule has 0 spiro atoms. The summed E-state index contributed by atoms with van der Waals surface area (Å²) in [5.74, 6) is -3.98. The summed E-state index contributed by atoms with van der Waals surface area (Å²) < 4.78 is 52.8. The van der Waals surface area contributed by atoms with Crippen molar-refractivity contribution in [3.05, 3.63) is 63.4 Å². The maximum absolute atomic E-state index is 14.3. The van der Waals surface area contributed by atoms with Crippen molar-refractivity contribution in [1.29, 1.82) is 0 Å². The number of aromatic nitrogens is 1. The number of carboxylic acids is 1. The first-order valence-corrected chi connectivity index (χ1v) is 10.3. The van der Waals surface area contributed by atoms with Gasteiger partial charge < -0.3 is 14.6 Å². The number of aryl methyl sites for hydroxylation is 2. The first-order chi connectivity index (χ1) is 14.7. The van der Waals surface area contributed by atoms with Crippen LogP contribution in [0.15, 0.2) is 24.3 Å². The molecule has 0 bridgehead atoms. The highest BCUT2D eigenvalue weighted by atomic mass is 32.1. The SMILES string of the molecule is Cc1cc(F)c(F)c(F)c1-c1nc(C)c(COc2ccc3c(c2)OCC3CC(=O)O)s1. The second kappa shape index (κ2) is 8.22. The second-order valence-corrected chi connectivity index (χ2v) is 8.38. The maximum Gasteiger partial charge on any atom is 0.304 e. The summed E-state index contributed by atoms with van der Waals surface area (Å²) in [5, 5.41) is 9.24. The van der Waals surface area contributed by atoms with E-state index in [2.05, 4.69) is 4.98 Å². The molecule has 2 aromatic carbocycles. The molecule has 31 heavy (non-hydrogen) atoms. The van der Waals surface area contributed by atoms with Crippen LogP contribution in [0.2, 0.25) is 0 Å². The van der Waals surface area contributed by atoms with Crippen LogP contribution in [0.1, 0.15) is 34.0 Å². The van der Waals surface area contributed by atoms with Crippen LogP contribution in [0.4, 0.5) is 13.2 Å². The van der Waals surface area contributed by atoms with Gasteiger partial charge in [-0.25, -0.2) is 18.2 Å².